The van der Waals surface area contributed by atoms with Crippen molar-refractivity contribution < 1.29 is 4.74 Å². The van der Waals surface area contributed by atoms with Crippen LogP contribution < -0.4 is 9.64 Å². The second-order valence-corrected chi connectivity index (χ2v) is 5.47. The third kappa shape index (κ3) is 3.15. The summed E-state index contributed by atoms with van der Waals surface area (Å²) in [6, 6.07) is 8.49. The molecule has 1 aromatic carbocycles. The van der Waals surface area contributed by atoms with Crippen molar-refractivity contribution in [3.05, 3.63) is 47.4 Å². The van der Waals surface area contributed by atoms with Crippen LogP contribution in [-0.4, -0.2) is 23.1 Å². The summed E-state index contributed by atoms with van der Waals surface area (Å²) >= 11 is 0. The number of rotatable bonds is 4. The highest BCUT2D eigenvalue weighted by molar-refractivity contribution is 5.46. The Labute approximate surface area is 125 Å². The lowest BCUT2D eigenvalue weighted by atomic mass is 9.99. The lowest BCUT2D eigenvalue weighted by Gasteiger charge is -2.30. The van der Waals surface area contributed by atoms with E-state index in [1.54, 1.807) is 6.33 Å². The minimum absolute atomic E-state index is 0.783. The number of anilines is 1. The van der Waals surface area contributed by atoms with E-state index in [0.717, 1.165) is 49.8 Å². The molecule has 3 rings (SSSR count). The van der Waals surface area contributed by atoms with E-state index in [9.17, 15) is 0 Å². The van der Waals surface area contributed by atoms with E-state index >= 15 is 0 Å². The molecule has 2 heterocycles. The maximum absolute atomic E-state index is 5.71. The van der Waals surface area contributed by atoms with Gasteiger partial charge < -0.3 is 9.64 Å². The molecule has 0 bridgehead atoms. The SMILES string of the molecule is CCCOc1ccc2c(c1)CCN(c1cc(C)ncn1)C2. The summed E-state index contributed by atoms with van der Waals surface area (Å²) in [5.74, 6) is 2.00. The zero-order valence-corrected chi connectivity index (χ0v) is 12.7. The molecule has 0 radical (unpaired) electrons. The van der Waals surface area contributed by atoms with Crippen molar-refractivity contribution >= 4 is 5.82 Å². The molecule has 110 valence electrons. The lowest BCUT2D eigenvalue weighted by Crippen LogP contribution is -2.31. The minimum Gasteiger partial charge on any atom is -0.494 e. The molecule has 0 aliphatic carbocycles. The van der Waals surface area contributed by atoms with Crippen LogP contribution in [0.3, 0.4) is 0 Å². The molecule has 4 heteroatoms. The Bertz CT molecular complexity index is 627. The summed E-state index contributed by atoms with van der Waals surface area (Å²) in [5, 5.41) is 0. The number of nitrogens with zero attached hydrogens (tertiary/aromatic N) is 3. The highest BCUT2D eigenvalue weighted by Gasteiger charge is 2.18. The number of fused-ring (bicyclic) bond motifs is 1. The molecule has 0 N–H and O–H groups in total. The molecule has 0 amide bonds. The molecule has 0 saturated heterocycles. The first kappa shape index (κ1) is 13.9. The molecule has 21 heavy (non-hydrogen) atoms. The first-order chi connectivity index (χ1) is 10.3. The molecular weight excluding hydrogens is 262 g/mol. The number of benzene rings is 1. The van der Waals surface area contributed by atoms with Crippen LogP contribution >= 0.6 is 0 Å². The van der Waals surface area contributed by atoms with Gasteiger partial charge in [0.25, 0.3) is 0 Å². The van der Waals surface area contributed by atoms with Crippen LogP contribution in [0.2, 0.25) is 0 Å². The summed E-state index contributed by atoms with van der Waals surface area (Å²) in [6.07, 6.45) is 3.71. The number of aromatic nitrogens is 2. The van der Waals surface area contributed by atoms with Crippen molar-refractivity contribution in [1.82, 2.24) is 9.97 Å². The van der Waals surface area contributed by atoms with Gasteiger partial charge in [0.15, 0.2) is 0 Å². The largest absolute Gasteiger partial charge is 0.494 e. The number of hydrogen-bond donors (Lipinski definition) is 0. The van der Waals surface area contributed by atoms with Gasteiger partial charge in [0.1, 0.15) is 17.9 Å². The van der Waals surface area contributed by atoms with E-state index in [1.807, 2.05) is 13.0 Å². The Hall–Kier alpha value is -2.10. The van der Waals surface area contributed by atoms with Gasteiger partial charge in [-0.25, -0.2) is 9.97 Å². The average molecular weight is 283 g/mol. The molecule has 1 aliphatic rings. The highest BCUT2D eigenvalue weighted by atomic mass is 16.5. The van der Waals surface area contributed by atoms with Gasteiger partial charge in [0, 0.05) is 24.8 Å². The highest BCUT2D eigenvalue weighted by Crippen LogP contribution is 2.26. The van der Waals surface area contributed by atoms with Gasteiger partial charge in [-0.3, -0.25) is 0 Å². The Morgan fingerprint density at radius 2 is 2.10 bits per heavy atom. The smallest absolute Gasteiger partial charge is 0.132 e. The molecule has 4 nitrogen and oxygen atoms in total. The normalized spacial score (nSPS) is 13.9. The zero-order valence-electron chi connectivity index (χ0n) is 12.7. The van der Waals surface area contributed by atoms with E-state index in [4.69, 9.17) is 4.74 Å². The predicted octanol–water partition coefficient (Wildman–Crippen LogP) is 3.14. The molecule has 0 fully saturated rings. The topological polar surface area (TPSA) is 38.2 Å². The maximum atomic E-state index is 5.71. The van der Waals surface area contributed by atoms with Crippen LogP contribution in [0.15, 0.2) is 30.6 Å². The predicted molar refractivity (Wildman–Crippen MR) is 83.8 cm³/mol. The summed E-state index contributed by atoms with van der Waals surface area (Å²) in [7, 11) is 0. The molecule has 0 spiro atoms. The van der Waals surface area contributed by atoms with Crippen molar-refractivity contribution in [2.45, 2.75) is 33.2 Å². The fourth-order valence-corrected chi connectivity index (χ4v) is 2.65. The van der Waals surface area contributed by atoms with Gasteiger partial charge in [-0.05, 0) is 43.0 Å². The van der Waals surface area contributed by atoms with Crippen LogP contribution in [0.5, 0.6) is 5.75 Å². The van der Waals surface area contributed by atoms with Gasteiger partial charge in [0.05, 0.1) is 6.61 Å². The third-order valence-electron chi connectivity index (χ3n) is 3.78. The van der Waals surface area contributed by atoms with Crippen molar-refractivity contribution in [3.8, 4) is 5.75 Å². The minimum atomic E-state index is 0.783. The second-order valence-electron chi connectivity index (χ2n) is 5.47. The van der Waals surface area contributed by atoms with Gasteiger partial charge in [-0.2, -0.15) is 0 Å². The summed E-state index contributed by atoms with van der Waals surface area (Å²) in [4.78, 5) is 10.9. The zero-order chi connectivity index (χ0) is 14.7. The van der Waals surface area contributed by atoms with E-state index in [-0.39, 0.29) is 0 Å². The molecule has 0 saturated carbocycles. The molecule has 1 aliphatic heterocycles. The molecule has 0 unspecified atom stereocenters. The van der Waals surface area contributed by atoms with Crippen molar-refractivity contribution in [2.24, 2.45) is 0 Å². The van der Waals surface area contributed by atoms with Crippen molar-refractivity contribution in [1.29, 1.82) is 0 Å². The van der Waals surface area contributed by atoms with Crippen LogP contribution in [0.1, 0.15) is 30.2 Å². The Balaban J connectivity index is 1.76. The quantitative estimate of drug-likeness (QED) is 0.864. The Kier molecular flexibility index (Phi) is 4.04. The fourth-order valence-electron chi connectivity index (χ4n) is 2.65. The van der Waals surface area contributed by atoms with Gasteiger partial charge in [0.2, 0.25) is 0 Å². The molecule has 2 aromatic rings. The standard InChI is InChI=1S/C17H21N3O/c1-3-8-21-16-5-4-15-11-20(7-6-14(15)10-16)17-9-13(2)18-12-19-17/h4-5,9-10,12H,3,6-8,11H2,1-2H3. The molecular formula is C17H21N3O. The number of aryl methyl sites for hydroxylation is 1. The van der Waals surface area contributed by atoms with Crippen molar-refractivity contribution in [2.75, 3.05) is 18.1 Å². The van der Waals surface area contributed by atoms with E-state index in [2.05, 4.69) is 40.0 Å². The first-order valence-electron chi connectivity index (χ1n) is 7.54. The van der Waals surface area contributed by atoms with Crippen LogP contribution in [0.4, 0.5) is 5.82 Å². The first-order valence-corrected chi connectivity index (χ1v) is 7.54. The van der Waals surface area contributed by atoms with Crippen molar-refractivity contribution in [3.63, 3.8) is 0 Å². The van der Waals surface area contributed by atoms with Crippen LogP contribution in [0.25, 0.3) is 0 Å². The van der Waals surface area contributed by atoms with E-state index in [0.29, 0.717) is 0 Å². The lowest BCUT2D eigenvalue weighted by molar-refractivity contribution is 0.317. The van der Waals surface area contributed by atoms with E-state index < -0.39 is 0 Å². The maximum Gasteiger partial charge on any atom is 0.132 e. The van der Waals surface area contributed by atoms with Crippen LogP contribution in [-0.2, 0) is 13.0 Å². The van der Waals surface area contributed by atoms with Gasteiger partial charge in [-0.15, -0.1) is 0 Å². The fraction of sp³-hybridized carbons (Fsp3) is 0.412. The Morgan fingerprint density at radius 1 is 1.19 bits per heavy atom. The average Bonchev–Trinajstić information content (AvgIpc) is 2.52. The van der Waals surface area contributed by atoms with Gasteiger partial charge >= 0.3 is 0 Å². The summed E-state index contributed by atoms with van der Waals surface area (Å²) < 4.78 is 5.71. The van der Waals surface area contributed by atoms with Gasteiger partial charge in [-0.1, -0.05) is 13.0 Å². The monoisotopic (exact) mass is 283 g/mol. The summed E-state index contributed by atoms with van der Waals surface area (Å²) in [5.41, 5.74) is 3.76. The number of hydrogen-bond acceptors (Lipinski definition) is 4. The van der Waals surface area contributed by atoms with E-state index in [1.165, 1.54) is 11.1 Å². The number of ether oxygens (including phenoxy) is 1. The third-order valence-corrected chi connectivity index (χ3v) is 3.78. The molecule has 0 atom stereocenters. The van der Waals surface area contributed by atoms with Crippen LogP contribution in [0, 0.1) is 6.92 Å². The Morgan fingerprint density at radius 3 is 2.90 bits per heavy atom. The molecule has 1 aromatic heterocycles. The summed E-state index contributed by atoms with van der Waals surface area (Å²) in [6.45, 7) is 6.80. The second kappa shape index (κ2) is 6.12.